The summed E-state index contributed by atoms with van der Waals surface area (Å²) in [5, 5.41) is 5.17. The van der Waals surface area contributed by atoms with Crippen molar-refractivity contribution in [3.8, 4) is 11.5 Å². The Bertz CT molecular complexity index is 1590. The number of methoxy groups -OCH3 is 1. The number of carbonyl (C=O) groups is 2. The van der Waals surface area contributed by atoms with Gasteiger partial charge in [0.25, 0.3) is 0 Å². The minimum atomic E-state index is -0.514. The molecule has 1 aromatic heterocycles. The Balaban J connectivity index is 1.40. The summed E-state index contributed by atoms with van der Waals surface area (Å²) in [6.45, 7) is 0. The summed E-state index contributed by atoms with van der Waals surface area (Å²) in [5.41, 5.74) is 6.02. The smallest absolute Gasteiger partial charge is 0.343 e. The molecule has 1 N–H and O–H groups in total. The molecule has 7 heteroatoms. The number of rotatable bonds is 4. The van der Waals surface area contributed by atoms with Crippen molar-refractivity contribution in [1.82, 2.24) is 4.98 Å². The molecule has 0 saturated carbocycles. The monoisotopic (exact) mass is 510 g/mol. The predicted octanol–water partition coefficient (Wildman–Crippen LogP) is 6.79. The van der Waals surface area contributed by atoms with Gasteiger partial charge in [-0.3, -0.25) is 9.78 Å². The predicted molar refractivity (Wildman–Crippen MR) is 143 cm³/mol. The molecule has 1 atom stereocenters. The number of nitrogens with zero attached hydrogens (tertiary/aromatic N) is 1. The largest absolute Gasteiger partial charge is 0.493 e. The van der Waals surface area contributed by atoms with Crippen LogP contribution in [-0.4, -0.2) is 23.8 Å². The van der Waals surface area contributed by atoms with Crippen LogP contribution in [-0.2, 0) is 4.79 Å². The molecule has 6 nitrogen and oxygen atoms in total. The van der Waals surface area contributed by atoms with E-state index in [2.05, 4.69) is 16.4 Å². The maximum atomic E-state index is 13.3. The first-order valence-corrected chi connectivity index (χ1v) is 12.5. The zero-order chi connectivity index (χ0) is 25.5. The number of aromatic nitrogens is 1. The van der Waals surface area contributed by atoms with E-state index in [4.69, 9.17) is 21.1 Å². The molecule has 6 rings (SSSR count). The fourth-order valence-corrected chi connectivity index (χ4v) is 5.35. The molecule has 0 amide bonds. The van der Waals surface area contributed by atoms with Crippen molar-refractivity contribution in [3.05, 3.63) is 100 Å². The lowest BCUT2D eigenvalue weighted by Gasteiger charge is -2.35. The van der Waals surface area contributed by atoms with E-state index < -0.39 is 5.97 Å². The Morgan fingerprint density at radius 1 is 1.03 bits per heavy atom. The van der Waals surface area contributed by atoms with Gasteiger partial charge in [-0.05, 0) is 78.6 Å². The molecule has 0 saturated heterocycles. The van der Waals surface area contributed by atoms with Crippen LogP contribution in [0.15, 0.2) is 78.5 Å². The lowest BCUT2D eigenvalue weighted by molar-refractivity contribution is -0.116. The van der Waals surface area contributed by atoms with Crippen LogP contribution < -0.4 is 14.8 Å². The van der Waals surface area contributed by atoms with Gasteiger partial charge in [0.2, 0.25) is 0 Å². The molecule has 1 unspecified atom stereocenters. The highest BCUT2D eigenvalue weighted by molar-refractivity contribution is 6.30. The quantitative estimate of drug-likeness (QED) is 0.240. The lowest BCUT2D eigenvalue weighted by Crippen LogP contribution is -2.27. The third-order valence-corrected chi connectivity index (χ3v) is 7.19. The van der Waals surface area contributed by atoms with E-state index in [-0.39, 0.29) is 11.8 Å². The molecule has 2 heterocycles. The second kappa shape index (κ2) is 9.37. The van der Waals surface area contributed by atoms with Crippen molar-refractivity contribution in [2.24, 2.45) is 0 Å². The number of esters is 1. The zero-order valence-electron chi connectivity index (χ0n) is 20.1. The number of halogens is 1. The molecular weight excluding hydrogens is 488 g/mol. The number of ether oxygens (including phenoxy) is 2. The Morgan fingerprint density at radius 3 is 2.68 bits per heavy atom. The van der Waals surface area contributed by atoms with Crippen molar-refractivity contribution in [2.45, 2.75) is 25.3 Å². The standard InChI is InChI=1S/C30H23ClN2O4/c1-36-26-16-18(9-14-25(26)37-30(35)17-7-10-19(31)11-8-17)29-28-21(4-2-6-24(28)34)27-20-5-3-15-32-22(20)12-13-23(27)33-29/h3,5,7-16,29,33H,2,4,6H2,1H3. The van der Waals surface area contributed by atoms with Crippen molar-refractivity contribution < 1.29 is 19.1 Å². The molecule has 0 radical (unpaired) electrons. The summed E-state index contributed by atoms with van der Waals surface area (Å²) in [7, 11) is 1.53. The van der Waals surface area contributed by atoms with Crippen LogP contribution in [0.4, 0.5) is 5.69 Å². The second-order valence-electron chi connectivity index (χ2n) is 9.11. The van der Waals surface area contributed by atoms with Crippen LogP contribution in [0.3, 0.4) is 0 Å². The van der Waals surface area contributed by atoms with Crippen LogP contribution in [0.1, 0.15) is 46.8 Å². The van der Waals surface area contributed by atoms with Gasteiger partial charge in [-0.15, -0.1) is 0 Å². The Morgan fingerprint density at radius 2 is 1.86 bits per heavy atom. The average molecular weight is 511 g/mol. The number of ketones is 1. The van der Waals surface area contributed by atoms with Gasteiger partial charge >= 0.3 is 5.97 Å². The summed E-state index contributed by atoms with van der Waals surface area (Å²) in [4.78, 5) is 30.5. The first kappa shape index (κ1) is 23.3. The number of nitrogens with one attached hydrogen (secondary N) is 1. The molecule has 1 aliphatic heterocycles. The molecule has 0 bridgehead atoms. The molecule has 1 aliphatic carbocycles. The minimum absolute atomic E-state index is 0.141. The van der Waals surface area contributed by atoms with E-state index in [1.807, 2.05) is 30.3 Å². The SMILES string of the molecule is COc1cc(C2Nc3ccc4ncccc4c3C3=C2C(=O)CCC3)ccc1OC(=O)c1ccc(Cl)cc1. The Hall–Kier alpha value is -4.16. The number of fused-ring (bicyclic) bond motifs is 4. The first-order chi connectivity index (χ1) is 18.0. The van der Waals surface area contributed by atoms with Gasteiger partial charge in [0, 0.05) is 39.9 Å². The van der Waals surface area contributed by atoms with E-state index in [0.717, 1.165) is 51.7 Å². The number of hydrogen-bond donors (Lipinski definition) is 1. The molecule has 4 aromatic rings. The third kappa shape index (κ3) is 4.13. The summed E-state index contributed by atoms with van der Waals surface area (Å²) >= 11 is 5.93. The first-order valence-electron chi connectivity index (χ1n) is 12.1. The summed E-state index contributed by atoms with van der Waals surface area (Å²) in [6.07, 6.45) is 3.95. The fraction of sp³-hybridized carbons (Fsp3) is 0.167. The van der Waals surface area contributed by atoms with Crippen LogP contribution >= 0.6 is 11.6 Å². The van der Waals surface area contributed by atoms with Crippen molar-refractivity contribution in [1.29, 1.82) is 0 Å². The van der Waals surface area contributed by atoms with Gasteiger partial charge in [-0.25, -0.2) is 4.79 Å². The maximum Gasteiger partial charge on any atom is 0.343 e. The Kier molecular flexibility index (Phi) is 5.89. The normalized spacial score (nSPS) is 16.6. The number of hydrogen-bond acceptors (Lipinski definition) is 6. The van der Waals surface area contributed by atoms with E-state index >= 15 is 0 Å². The molecule has 37 heavy (non-hydrogen) atoms. The Labute approximate surface area is 218 Å². The lowest BCUT2D eigenvalue weighted by atomic mass is 9.77. The molecule has 0 spiro atoms. The van der Waals surface area contributed by atoms with Gasteiger partial charge in [0.15, 0.2) is 17.3 Å². The molecule has 3 aromatic carbocycles. The van der Waals surface area contributed by atoms with Gasteiger partial charge < -0.3 is 14.8 Å². The zero-order valence-corrected chi connectivity index (χ0v) is 20.8. The van der Waals surface area contributed by atoms with Crippen LogP contribution in [0.25, 0.3) is 16.5 Å². The van der Waals surface area contributed by atoms with Gasteiger partial charge in [-0.2, -0.15) is 0 Å². The van der Waals surface area contributed by atoms with E-state index in [1.165, 1.54) is 7.11 Å². The van der Waals surface area contributed by atoms with E-state index in [9.17, 15) is 9.59 Å². The highest BCUT2D eigenvalue weighted by atomic mass is 35.5. The highest BCUT2D eigenvalue weighted by Gasteiger charge is 2.35. The second-order valence-corrected chi connectivity index (χ2v) is 9.55. The number of pyridine rings is 1. The van der Waals surface area contributed by atoms with Crippen LogP contribution in [0, 0.1) is 0 Å². The third-order valence-electron chi connectivity index (χ3n) is 6.94. The minimum Gasteiger partial charge on any atom is -0.493 e. The van der Waals surface area contributed by atoms with Crippen molar-refractivity contribution in [2.75, 3.05) is 12.4 Å². The summed E-state index contributed by atoms with van der Waals surface area (Å²) in [6, 6.07) is 19.5. The molecule has 184 valence electrons. The summed E-state index contributed by atoms with van der Waals surface area (Å²) < 4.78 is 11.2. The number of carbonyl (C=O) groups excluding carboxylic acids is 2. The number of allylic oxidation sites excluding steroid dienone is 1. The van der Waals surface area contributed by atoms with Crippen molar-refractivity contribution in [3.63, 3.8) is 0 Å². The van der Waals surface area contributed by atoms with Crippen LogP contribution in [0.2, 0.25) is 5.02 Å². The van der Waals surface area contributed by atoms with E-state index in [0.29, 0.717) is 28.5 Å². The van der Waals surface area contributed by atoms with Gasteiger partial charge in [0.05, 0.1) is 24.2 Å². The molecule has 0 fully saturated rings. The highest BCUT2D eigenvalue weighted by Crippen LogP contribution is 2.48. The van der Waals surface area contributed by atoms with Crippen molar-refractivity contribution >= 4 is 45.5 Å². The number of Topliss-reactive ketones (excluding diaryl/α,β-unsaturated/α-hetero) is 1. The fourth-order valence-electron chi connectivity index (χ4n) is 5.23. The summed E-state index contributed by atoms with van der Waals surface area (Å²) in [5.74, 6) is 0.326. The molecular formula is C30H23ClN2O4. The molecule has 2 aliphatic rings. The maximum absolute atomic E-state index is 13.3. The van der Waals surface area contributed by atoms with E-state index in [1.54, 1.807) is 36.5 Å². The van der Waals surface area contributed by atoms with Gasteiger partial charge in [-0.1, -0.05) is 23.7 Å². The number of anilines is 1. The average Bonchev–Trinajstić information content (AvgIpc) is 2.93. The number of benzene rings is 3. The van der Waals surface area contributed by atoms with Gasteiger partial charge in [0.1, 0.15) is 0 Å². The van der Waals surface area contributed by atoms with Crippen LogP contribution in [0.5, 0.6) is 11.5 Å². The topological polar surface area (TPSA) is 77.5 Å².